The Morgan fingerprint density at radius 1 is 1.29 bits per heavy atom. The molecule has 0 saturated carbocycles. The van der Waals surface area contributed by atoms with Gasteiger partial charge in [-0.05, 0) is 31.2 Å². The standard InChI is InChI=1S/C13H11Cl2N3O3/c1-7(13(20)21)18-3-2-11(17-18)12(19)16-10-5-8(14)4-9(15)6-10/h2-7H,1H3,(H,16,19)(H,20,21). The second-order valence-electron chi connectivity index (χ2n) is 4.31. The third kappa shape index (κ3) is 3.74. The number of benzene rings is 1. The van der Waals surface area contributed by atoms with Crippen molar-refractivity contribution in [2.24, 2.45) is 0 Å². The van der Waals surface area contributed by atoms with Gasteiger partial charge in [-0.25, -0.2) is 4.79 Å². The van der Waals surface area contributed by atoms with Crippen LogP contribution < -0.4 is 5.32 Å². The average Bonchev–Trinajstić information content (AvgIpc) is 2.85. The minimum atomic E-state index is -1.04. The van der Waals surface area contributed by atoms with Gasteiger partial charge in [-0.1, -0.05) is 23.2 Å². The fraction of sp³-hybridized carbons (Fsp3) is 0.154. The summed E-state index contributed by atoms with van der Waals surface area (Å²) in [5, 5.41) is 16.2. The monoisotopic (exact) mass is 327 g/mol. The molecular formula is C13H11Cl2N3O3. The van der Waals surface area contributed by atoms with Crippen molar-refractivity contribution in [1.82, 2.24) is 9.78 Å². The van der Waals surface area contributed by atoms with Gasteiger partial charge < -0.3 is 10.4 Å². The molecule has 2 N–H and O–H groups in total. The molecule has 6 nitrogen and oxygen atoms in total. The first-order chi connectivity index (χ1) is 9.86. The maximum Gasteiger partial charge on any atom is 0.328 e. The number of anilines is 1. The van der Waals surface area contributed by atoms with Gasteiger partial charge in [0, 0.05) is 21.9 Å². The summed E-state index contributed by atoms with van der Waals surface area (Å²) < 4.78 is 1.20. The summed E-state index contributed by atoms with van der Waals surface area (Å²) in [7, 11) is 0. The summed E-state index contributed by atoms with van der Waals surface area (Å²) >= 11 is 11.7. The van der Waals surface area contributed by atoms with Crippen LogP contribution >= 0.6 is 23.2 Å². The number of carboxylic acids is 1. The molecule has 2 rings (SSSR count). The van der Waals surface area contributed by atoms with E-state index in [-0.39, 0.29) is 5.69 Å². The van der Waals surface area contributed by atoms with E-state index in [0.717, 1.165) is 0 Å². The maximum atomic E-state index is 12.0. The van der Waals surface area contributed by atoms with Crippen LogP contribution in [0, 0.1) is 0 Å². The first-order valence-corrected chi connectivity index (χ1v) is 6.68. The molecular weight excluding hydrogens is 317 g/mol. The van der Waals surface area contributed by atoms with Gasteiger partial charge in [0.2, 0.25) is 0 Å². The van der Waals surface area contributed by atoms with Crippen molar-refractivity contribution < 1.29 is 14.7 Å². The lowest BCUT2D eigenvalue weighted by molar-refractivity contribution is -0.140. The van der Waals surface area contributed by atoms with Crippen molar-refractivity contribution in [1.29, 1.82) is 0 Å². The van der Waals surface area contributed by atoms with Gasteiger partial charge >= 0.3 is 5.97 Å². The van der Waals surface area contributed by atoms with Crippen molar-refractivity contribution in [2.45, 2.75) is 13.0 Å². The second kappa shape index (κ2) is 6.15. The number of nitrogens with one attached hydrogen (secondary N) is 1. The minimum Gasteiger partial charge on any atom is -0.480 e. The molecule has 0 aliphatic carbocycles. The summed E-state index contributed by atoms with van der Waals surface area (Å²) in [5.41, 5.74) is 0.525. The maximum absolute atomic E-state index is 12.0. The number of carbonyl (C=O) groups excluding carboxylic acids is 1. The lowest BCUT2D eigenvalue weighted by atomic mass is 10.3. The number of carbonyl (C=O) groups is 2. The van der Waals surface area contributed by atoms with Crippen LogP contribution in [0.25, 0.3) is 0 Å². The number of carboxylic acid groups (broad SMARTS) is 1. The van der Waals surface area contributed by atoms with Crippen molar-refractivity contribution >= 4 is 40.8 Å². The van der Waals surface area contributed by atoms with Gasteiger partial charge in [0.05, 0.1) is 0 Å². The number of hydrogen-bond acceptors (Lipinski definition) is 3. The zero-order valence-electron chi connectivity index (χ0n) is 10.9. The molecule has 1 amide bonds. The summed E-state index contributed by atoms with van der Waals surface area (Å²) in [5.74, 6) is -1.52. The Balaban J connectivity index is 2.15. The summed E-state index contributed by atoms with van der Waals surface area (Å²) in [6.07, 6.45) is 1.43. The molecule has 1 aromatic heterocycles. The van der Waals surface area contributed by atoms with E-state index >= 15 is 0 Å². The summed E-state index contributed by atoms with van der Waals surface area (Å²) in [6, 6.07) is 5.21. The van der Waals surface area contributed by atoms with Crippen LogP contribution in [0.3, 0.4) is 0 Å². The highest BCUT2D eigenvalue weighted by atomic mass is 35.5. The first kappa shape index (κ1) is 15.3. The predicted octanol–water partition coefficient (Wildman–Crippen LogP) is 3.09. The Labute approximate surface area is 130 Å². The van der Waals surface area contributed by atoms with E-state index in [4.69, 9.17) is 28.3 Å². The van der Waals surface area contributed by atoms with E-state index in [1.807, 2.05) is 0 Å². The highest BCUT2D eigenvalue weighted by molar-refractivity contribution is 6.35. The van der Waals surface area contributed by atoms with Crippen LogP contribution in [-0.2, 0) is 4.79 Å². The van der Waals surface area contributed by atoms with E-state index in [1.165, 1.54) is 23.9 Å². The Morgan fingerprint density at radius 3 is 2.48 bits per heavy atom. The lowest BCUT2D eigenvalue weighted by Crippen LogP contribution is -2.18. The number of aliphatic carboxylic acids is 1. The molecule has 1 heterocycles. The van der Waals surface area contributed by atoms with Gasteiger partial charge in [-0.3, -0.25) is 9.48 Å². The highest BCUT2D eigenvalue weighted by Gasteiger charge is 2.17. The number of nitrogens with zero attached hydrogens (tertiary/aromatic N) is 2. The molecule has 0 aliphatic heterocycles. The SMILES string of the molecule is CC(C(=O)O)n1ccc(C(=O)Nc2cc(Cl)cc(Cl)c2)n1. The zero-order chi connectivity index (χ0) is 15.6. The fourth-order valence-corrected chi connectivity index (χ4v) is 2.14. The average molecular weight is 328 g/mol. The minimum absolute atomic E-state index is 0.0965. The molecule has 1 atom stereocenters. The van der Waals surface area contributed by atoms with Gasteiger partial charge in [0.25, 0.3) is 5.91 Å². The molecule has 21 heavy (non-hydrogen) atoms. The molecule has 0 radical (unpaired) electrons. The van der Waals surface area contributed by atoms with E-state index in [0.29, 0.717) is 15.7 Å². The highest BCUT2D eigenvalue weighted by Crippen LogP contribution is 2.22. The van der Waals surface area contributed by atoms with Crippen LogP contribution in [-0.4, -0.2) is 26.8 Å². The molecule has 0 aliphatic rings. The van der Waals surface area contributed by atoms with Crippen molar-refractivity contribution in [3.05, 3.63) is 46.2 Å². The smallest absolute Gasteiger partial charge is 0.328 e. The number of amides is 1. The Morgan fingerprint density at radius 2 is 1.90 bits per heavy atom. The molecule has 0 saturated heterocycles. The van der Waals surface area contributed by atoms with Gasteiger partial charge in [0.15, 0.2) is 5.69 Å². The molecule has 2 aromatic rings. The normalized spacial score (nSPS) is 12.0. The lowest BCUT2D eigenvalue weighted by Gasteiger charge is -2.06. The number of halogens is 2. The van der Waals surface area contributed by atoms with Crippen LogP contribution in [0.4, 0.5) is 5.69 Å². The zero-order valence-corrected chi connectivity index (χ0v) is 12.4. The van der Waals surface area contributed by atoms with Crippen molar-refractivity contribution in [3.8, 4) is 0 Å². The molecule has 0 fully saturated rings. The second-order valence-corrected chi connectivity index (χ2v) is 5.18. The van der Waals surface area contributed by atoms with Crippen LogP contribution in [0.1, 0.15) is 23.5 Å². The van der Waals surface area contributed by atoms with Gasteiger partial charge in [0.1, 0.15) is 6.04 Å². The number of aromatic nitrogens is 2. The third-order valence-electron chi connectivity index (χ3n) is 2.72. The predicted molar refractivity (Wildman–Crippen MR) is 79.0 cm³/mol. The Bertz CT molecular complexity index is 679. The molecule has 8 heteroatoms. The topological polar surface area (TPSA) is 84.2 Å². The Kier molecular flexibility index (Phi) is 4.50. The van der Waals surface area contributed by atoms with Crippen LogP contribution in [0.15, 0.2) is 30.5 Å². The molecule has 110 valence electrons. The largest absolute Gasteiger partial charge is 0.480 e. The third-order valence-corrected chi connectivity index (χ3v) is 3.15. The quantitative estimate of drug-likeness (QED) is 0.903. The molecule has 1 unspecified atom stereocenters. The molecule has 1 aromatic carbocycles. The number of hydrogen-bond donors (Lipinski definition) is 2. The van der Waals surface area contributed by atoms with Crippen LogP contribution in [0.5, 0.6) is 0 Å². The number of rotatable bonds is 4. The Hall–Kier alpha value is -2.05. The van der Waals surface area contributed by atoms with Gasteiger partial charge in [-0.15, -0.1) is 0 Å². The fourth-order valence-electron chi connectivity index (χ4n) is 1.61. The van der Waals surface area contributed by atoms with E-state index in [1.54, 1.807) is 18.2 Å². The van der Waals surface area contributed by atoms with Crippen LogP contribution in [0.2, 0.25) is 10.0 Å². The molecule has 0 spiro atoms. The van der Waals surface area contributed by atoms with E-state index < -0.39 is 17.9 Å². The summed E-state index contributed by atoms with van der Waals surface area (Å²) in [4.78, 5) is 22.9. The van der Waals surface area contributed by atoms with Crippen molar-refractivity contribution in [2.75, 3.05) is 5.32 Å². The van der Waals surface area contributed by atoms with E-state index in [9.17, 15) is 9.59 Å². The van der Waals surface area contributed by atoms with Crippen molar-refractivity contribution in [3.63, 3.8) is 0 Å². The summed E-state index contributed by atoms with van der Waals surface area (Å²) in [6.45, 7) is 1.47. The van der Waals surface area contributed by atoms with E-state index in [2.05, 4.69) is 10.4 Å². The van der Waals surface area contributed by atoms with Gasteiger partial charge in [-0.2, -0.15) is 5.10 Å². The molecule has 0 bridgehead atoms. The first-order valence-electron chi connectivity index (χ1n) is 5.92.